The van der Waals surface area contributed by atoms with Gasteiger partial charge in [0.15, 0.2) is 0 Å². The zero-order chi connectivity index (χ0) is 5.28. The van der Waals surface area contributed by atoms with Crippen LogP contribution >= 0.6 is 12.2 Å². The Labute approximate surface area is 54.0 Å². The zero-order valence-electron chi connectivity index (χ0n) is 3.30. The maximum atomic E-state index is 4.62. The van der Waals surface area contributed by atoms with E-state index in [0.717, 1.165) is 4.61 Å². The van der Waals surface area contributed by atoms with E-state index >= 15 is 0 Å². The van der Waals surface area contributed by atoms with Crippen LogP contribution in [0.5, 0.6) is 0 Å². The van der Waals surface area contributed by atoms with Crippen molar-refractivity contribution < 1.29 is 0 Å². The maximum absolute atomic E-state index is 4.62. The van der Waals surface area contributed by atoms with Gasteiger partial charge in [0.1, 0.15) is 0 Å². The van der Waals surface area contributed by atoms with Crippen LogP contribution in [0, 0.1) is 4.77 Å². The van der Waals surface area contributed by atoms with Crippen LogP contribution in [0.1, 0.15) is 0 Å². The summed E-state index contributed by atoms with van der Waals surface area (Å²) in [5.74, 6) is 0. The first kappa shape index (κ1) is 5.06. The topological polar surface area (TPSA) is 44.5 Å². The standard InChI is InChI=1S/C2H2AsN3S/c3-1-4-2(7)6-5-1/h(H2,4,5,6,7). The molecule has 0 aliphatic heterocycles. The molecule has 0 spiro atoms. The molecular weight excluding hydrogens is 173 g/mol. The molecule has 2 radical (unpaired) electrons. The van der Waals surface area contributed by atoms with Crippen molar-refractivity contribution >= 4 is 33.7 Å². The van der Waals surface area contributed by atoms with E-state index in [1.165, 1.54) is 0 Å². The molecule has 1 aromatic heterocycles. The fourth-order valence-corrected chi connectivity index (χ4v) is 0.878. The van der Waals surface area contributed by atoms with E-state index in [9.17, 15) is 0 Å². The van der Waals surface area contributed by atoms with Crippen LogP contribution in [0.4, 0.5) is 0 Å². The third kappa shape index (κ3) is 1.14. The van der Waals surface area contributed by atoms with E-state index in [1.54, 1.807) is 0 Å². The second-order valence-corrected chi connectivity index (χ2v) is 2.27. The predicted molar refractivity (Wildman–Crippen MR) is 29.2 cm³/mol. The molecule has 0 aliphatic rings. The van der Waals surface area contributed by atoms with E-state index in [0.29, 0.717) is 4.77 Å². The molecule has 0 atom stereocenters. The van der Waals surface area contributed by atoms with E-state index < -0.39 is 0 Å². The van der Waals surface area contributed by atoms with Gasteiger partial charge in [0.2, 0.25) is 0 Å². The van der Waals surface area contributed by atoms with Gasteiger partial charge in [-0.3, -0.25) is 0 Å². The summed E-state index contributed by atoms with van der Waals surface area (Å²) in [6, 6.07) is 0. The number of aromatic amines is 2. The molecule has 1 aromatic rings. The van der Waals surface area contributed by atoms with Crippen LogP contribution < -0.4 is 4.61 Å². The Balaban J connectivity index is 3.30. The van der Waals surface area contributed by atoms with Crippen molar-refractivity contribution in [3.8, 4) is 0 Å². The summed E-state index contributed by atoms with van der Waals surface area (Å²) in [5, 5.41) is 5.33. The first-order valence-electron chi connectivity index (χ1n) is 1.62. The number of hydrogen-bond acceptors (Lipinski definition) is 2. The summed E-state index contributed by atoms with van der Waals surface area (Å²) in [6.45, 7) is 0. The van der Waals surface area contributed by atoms with Crippen molar-refractivity contribution in [2.45, 2.75) is 0 Å². The molecule has 0 aromatic carbocycles. The average Bonchev–Trinajstić information content (AvgIpc) is 1.87. The van der Waals surface area contributed by atoms with Gasteiger partial charge >= 0.3 is 53.6 Å². The second kappa shape index (κ2) is 1.80. The Morgan fingerprint density at radius 3 is 2.43 bits per heavy atom. The predicted octanol–water partition coefficient (Wildman–Crippen LogP) is -0.739. The monoisotopic (exact) mass is 175 g/mol. The van der Waals surface area contributed by atoms with Crippen molar-refractivity contribution in [2.24, 2.45) is 0 Å². The summed E-state index contributed by atoms with van der Waals surface area (Å²) in [5.41, 5.74) is 0. The van der Waals surface area contributed by atoms with E-state index in [4.69, 9.17) is 0 Å². The molecule has 0 amide bonds. The number of H-pyrrole nitrogens is 2. The van der Waals surface area contributed by atoms with Gasteiger partial charge in [-0.1, -0.05) is 0 Å². The van der Waals surface area contributed by atoms with Gasteiger partial charge < -0.3 is 0 Å². The minimum absolute atomic E-state index is 0.496. The number of rotatable bonds is 0. The molecular formula is C2H2AsN3S. The number of nitrogens with zero attached hydrogens (tertiary/aromatic N) is 1. The molecule has 3 nitrogen and oxygen atoms in total. The zero-order valence-corrected chi connectivity index (χ0v) is 6.00. The molecule has 0 saturated carbocycles. The van der Waals surface area contributed by atoms with E-state index in [2.05, 4.69) is 44.3 Å². The molecule has 0 bridgehead atoms. The summed E-state index contributed by atoms with van der Waals surface area (Å²) >= 11 is 6.87. The third-order valence-electron chi connectivity index (χ3n) is 0.489. The molecule has 5 heteroatoms. The summed E-state index contributed by atoms with van der Waals surface area (Å²) < 4.78 is 1.26. The van der Waals surface area contributed by atoms with Gasteiger partial charge in [0.05, 0.1) is 0 Å². The normalized spacial score (nSPS) is 9.29. The Bertz CT molecular complexity index is 201. The SMILES string of the molecule is S=c1nc([As])[nH][nH]1. The third-order valence-corrected chi connectivity index (χ3v) is 1.13. The van der Waals surface area contributed by atoms with Gasteiger partial charge in [0.25, 0.3) is 0 Å². The van der Waals surface area contributed by atoms with E-state index in [1.807, 2.05) is 0 Å². The quantitative estimate of drug-likeness (QED) is 0.403. The number of hydrogen-bond donors (Lipinski definition) is 2. The average molecular weight is 175 g/mol. The van der Waals surface area contributed by atoms with Gasteiger partial charge in [0, 0.05) is 0 Å². The summed E-state index contributed by atoms with van der Waals surface area (Å²) in [7, 11) is 0. The van der Waals surface area contributed by atoms with Gasteiger partial charge in [-0.05, 0) is 0 Å². The summed E-state index contributed by atoms with van der Waals surface area (Å²) in [6.07, 6.45) is 0. The van der Waals surface area contributed by atoms with Crippen LogP contribution in [0.15, 0.2) is 0 Å². The van der Waals surface area contributed by atoms with Gasteiger partial charge in [-0.2, -0.15) is 0 Å². The molecule has 36 valence electrons. The Hall–Kier alpha value is -0.0816. The second-order valence-electron chi connectivity index (χ2n) is 0.991. The number of nitrogens with one attached hydrogen (secondary N) is 2. The Morgan fingerprint density at radius 1 is 1.57 bits per heavy atom. The Kier molecular flexibility index (Phi) is 1.30. The molecule has 7 heavy (non-hydrogen) atoms. The molecule has 1 heterocycles. The fraction of sp³-hybridized carbons (Fsp3) is 0. The molecule has 0 aliphatic carbocycles. The van der Waals surface area contributed by atoms with Crippen molar-refractivity contribution in [1.82, 2.24) is 15.2 Å². The fourth-order valence-electron chi connectivity index (χ4n) is 0.261. The Morgan fingerprint density at radius 2 is 2.29 bits per heavy atom. The molecule has 0 saturated heterocycles. The van der Waals surface area contributed by atoms with Crippen LogP contribution in [0.2, 0.25) is 0 Å². The van der Waals surface area contributed by atoms with Crippen molar-refractivity contribution in [2.75, 3.05) is 0 Å². The van der Waals surface area contributed by atoms with Crippen LogP contribution in [-0.4, -0.2) is 32.0 Å². The van der Waals surface area contributed by atoms with Crippen molar-refractivity contribution in [3.63, 3.8) is 0 Å². The van der Waals surface area contributed by atoms with Crippen LogP contribution in [0.25, 0.3) is 0 Å². The van der Waals surface area contributed by atoms with Gasteiger partial charge in [-0.15, -0.1) is 0 Å². The van der Waals surface area contributed by atoms with E-state index in [-0.39, 0.29) is 0 Å². The van der Waals surface area contributed by atoms with Crippen molar-refractivity contribution in [1.29, 1.82) is 0 Å². The summed E-state index contributed by atoms with van der Waals surface area (Å²) in [4.78, 5) is 3.79. The number of aromatic nitrogens is 3. The molecule has 0 unspecified atom stereocenters. The van der Waals surface area contributed by atoms with Crippen molar-refractivity contribution in [3.05, 3.63) is 4.77 Å². The first-order valence-corrected chi connectivity index (χ1v) is 2.97. The minimum atomic E-state index is 0.496. The first-order chi connectivity index (χ1) is 3.29. The molecule has 2 N–H and O–H groups in total. The molecule has 0 fully saturated rings. The van der Waals surface area contributed by atoms with Crippen LogP contribution in [-0.2, 0) is 0 Å². The van der Waals surface area contributed by atoms with Gasteiger partial charge in [-0.25, -0.2) is 0 Å². The molecule has 1 rings (SSSR count). The van der Waals surface area contributed by atoms with Crippen LogP contribution in [0.3, 0.4) is 0 Å².